The van der Waals surface area contributed by atoms with Crippen molar-refractivity contribution >= 4 is 49.8 Å². The zero-order valence-electron chi connectivity index (χ0n) is 26.5. The van der Waals surface area contributed by atoms with Crippen LogP contribution in [0.3, 0.4) is 0 Å². The van der Waals surface area contributed by atoms with Gasteiger partial charge in [0, 0.05) is 39.0 Å². The molecule has 0 radical (unpaired) electrons. The number of anilines is 3. The third-order valence-electron chi connectivity index (χ3n) is 9.66. The topological polar surface area (TPSA) is 25.6 Å². The molecule has 0 saturated carbocycles. The van der Waals surface area contributed by atoms with Gasteiger partial charge in [0.05, 0.1) is 11.4 Å². The first kappa shape index (κ1) is 27.5. The van der Waals surface area contributed by atoms with Crippen molar-refractivity contribution < 1.29 is 9.15 Å². The summed E-state index contributed by atoms with van der Waals surface area (Å²) in [6, 6.07) is 61.9. The Labute approximate surface area is 283 Å². The molecule has 0 aliphatic carbocycles. The van der Waals surface area contributed by atoms with Crippen LogP contribution in [-0.2, 0) is 0 Å². The van der Waals surface area contributed by atoms with Crippen molar-refractivity contribution in [1.29, 1.82) is 0 Å². The van der Waals surface area contributed by atoms with Crippen molar-refractivity contribution in [2.24, 2.45) is 0 Å². The van der Waals surface area contributed by atoms with Gasteiger partial charge in [-0.25, -0.2) is 0 Å². The number of hydrogen-bond acceptors (Lipinski definition) is 3. The van der Waals surface area contributed by atoms with Gasteiger partial charge in [0.2, 0.25) is 0 Å². The standard InChI is InChI=1S/C46H29NO2/c1-3-13-30(14-4-1)31-25-27-33(28-26-31)47(39-22-12-20-37-35-18-8-10-24-42(35)49-46(37)39)40-29-43-45-36(34-17-7-9-23-41(34)48-43)19-11-21-38(45)44(40)32-15-5-2-6-16-32/h1-29H. The molecule has 1 aromatic heterocycles. The molecule has 0 saturated heterocycles. The largest absolute Gasteiger partial charge is 0.456 e. The number of ether oxygens (including phenoxy) is 1. The van der Waals surface area contributed by atoms with Gasteiger partial charge in [-0.15, -0.1) is 0 Å². The fourth-order valence-corrected chi connectivity index (χ4v) is 7.47. The Balaban J connectivity index is 1.30. The molecule has 1 aliphatic heterocycles. The van der Waals surface area contributed by atoms with Crippen LogP contribution in [0, 0.1) is 0 Å². The lowest BCUT2D eigenvalue weighted by Gasteiger charge is -2.31. The number of rotatable bonds is 5. The Hall–Kier alpha value is -6.58. The Morgan fingerprint density at radius 2 is 1.04 bits per heavy atom. The number of nitrogens with zero attached hydrogens (tertiary/aromatic N) is 1. The third kappa shape index (κ3) is 4.37. The van der Waals surface area contributed by atoms with Crippen molar-refractivity contribution in [3.05, 3.63) is 176 Å². The number of fused-ring (bicyclic) bond motifs is 5. The number of furan rings is 1. The van der Waals surface area contributed by atoms with E-state index >= 15 is 0 Å². The van der Waals surface area contributed by atoms with Gasteiger partial charge in [-0.05, 0) is 58.0 Å². The van der Waals surface area contributed by atoms with E-state index in [1.165, 1.54) is 11.1 Å². The lowest BCUT2D eigenvalue weighted by atomic mass is 9.89. The Kier molecular flexibility index (Phi) is 6.18. The number of hydrogen-bond donors (Lipinski definition) is 0. The minimum Gasteiger partial charge on any atom is -0.456 e. The summed E-state index contributed by atoms with van der Waals surface area (Å²) >= 11 is 0. The highest BCUT2D eigenvalue weighted by molar-refractivity contribution is 6.16. The quantitative estimate of drug-likeness (QED) is 0.190. The SMILES string of the molecule is c1ccc(-c2ccc(N(c3cc4c5c(cccc5c3-c3ccccc3)-c3ccccc3O4)c3cccc4c3oc3ccccc34)cc2)cc1. The van der Waals surface area contributed by atoms with Crippen molar-refractivity contribution in [2.45, 2.75) is 0 Å². The van der Waals surface area contributed by atoms with E-state index in [0.29, 0.717) is 0 Å². The highest BCUT2D eigenvalue weighted by Crippen LogP contribution is 2.54. The minimum atomic E-state index is 0.835. The van der Waals surface area contributed by atoms with Gasteiger partial charge in [0.25, 0.3) is 0 Å². The molecule has 10 rings (SSSR count). The van der Waals surface area contributed by atoms with E-state index in [-0.39, 0.29) is 0 Å². The molecular weight excluding hydrogens is 599 g/mol. The summed E-state index contributed by atoms with van der Waals surface area (Å²) in [6.07, 6.45) is 0. The zero-order valence-corrected chi connectivity index (χ0v) is 26.5. The molecular formula is C46H29NO2. The monoisotopic (exact) mass is 627 g/mol. The fraction of sp³-hybridized carbons (Fsp3) is 0. The van der Waals surface area contributed by atoms with E-state index in [1.54, 1.807) is 0 Å². The molecule has 230 valence electrons. The van der Waals surface area contributed by atoms with Crippen LogP contribution in [0.2, 0.25) is 0 Å². The maximum Gasteiger partial charge on any atom is 0.159 e. The summed E-state index contributed by atoms with van der Waals surface area (Å²) in [5, 5.41) is 4.42. The second-order valence-electron chi connectivity index (χ2n) is 12.5. The van der Waals surface area contributed by atoms with Gasteiger partial charge >= 0.3 is 0 Å². The maximum absolute atomic E-state index is 6.77. The van der Waals surface area contributed by atoms with Crippen LogP contribution < -0.4 is 9.64 Å². The van der Waals surface area contributed by atoms with Crippen LogP contribution in [-0.4, -0.2) is 0 Å². The van der Waals surface area contributed by atoms with Crippen LogP contribution in [0.25, 0.3) is 66.1 Å². The molecule has 8 aromatic carbocycles. The van der Waals surface area contributed by atoms with E-state index in [2.05, 4.69) is 163 Å². The lowest BCUT2D eigenvalue weighted by molar-refractivity contribution is 0.487. The van der Waals surface area contributed by atoms with Gasteiger partial charge in [-0.1, -0.05) is 140 Å². The normalized spacial score (nSPS) is 11.8. The third-order valence-corrected chi connectivity index (χ3v) is 9.66. The van der Waals surface area contributed by atoms with Gasteiger partial charge in [-0.3, -0.25) is 0 Å². The van der Waals surface area contributed by atoms with Gasteiger partial charge in [-0.2, -0.15) is 0 Å². The smallest absolute Gasteiger partial charge is 0.159 e. The molecule has 49 heavy (non-hydrogen) atoms. The Bertz CT molecular complexity index is 2670. The van der Waals surface area contributed by atoms with E-state index in [9.17, 15) is 0 Å². The number of para-hydroxylation sites is 3. The fourth-order valence-electron chi connectivity index (χ4n) is 7.47. The summed E-state index contributed by atoms with van der Waals surface area (Å²) in [5.41, 5.74) is 11.6. The van der Waals surface area contributed by atoms with E-state index < -0.39 is 0 Å². The molecule has 1 aliphatic rings. The first-order chi connectivity index (χ1) is 24.3. The molecule has 0 amide bonds. The van der Waals surface area contributed by atoms with Crippen LogP contribution in [0.15, 0.2) is 180 Å². The van der Waals surface area contributed by atoms with Crippen LogP contribution >= 0.6 is 0 Å². The molecule has 0 bridgehead atoms. The molecule has 3 heteroatoms. The van der Waals surface area contributed by atoms with Crippen LogP contribution in [0.1, 0.15) is 0 Å². The molecule has 0 fully saturated rings. The van der Waals surface area contributed by atoms with Gasteiger partial charge in [0.15, 0.2) is 5.58 Å². The number of benzene rings is 8. The molecule has 9 aromatic rings. The molecule has 2 heterocycles. The maximum atomic E-state index is 6.77. The van der Waals surface area contributed by atoms with E-state index in [1.807, 2.05) is 18.2 Å². The van der Waals surface area contributed by atoms with E-state index in [4.69, 9.17) is 9.15 Å². The van der Waals surface area contributed by atoms with Crippen molar-refractivity contribution in [1.82, 2.24) is 0 Å². The highest BCUT2D eigenvalue weighted by Gasteiger charge is 2.28. The molecule has 0 N–H and O–H groups in total. The Morgan fingerprint density at radius 1 is 0.408 bits per heavy atom. The van der Waals surface area contributed by atoms with Crippen molar-refractivity contribution in [2.75, 3.05) is 4.90 Å². The summed E-state index contributed by atoms with van der Waals surface area (Å²) < 4.78 is 13.5. The molecule has 0 atom stereocenters. The predicted octanol–water partition coefficient (Wildman–Crippen LogP) is 13.3. The first-order valence-corrected chi connectivity index (χ1v) is 16.6. The minimum absolute atomic E-state index is 0.835. The second-order valence-corrected chi connectivity index (χ2v) is 12.5. The van der Waals surface area contributed by atoms with Crippen molar-refractivity contribution in [3.63, 3.8) is 0 Å². The summed E-state index contributed by atoms with van der Waals surface area (Å²) in [5.74, 6) is 1.70. The van der Waals surface area contributed by atoms with Crippen molar-refractivity contribution in [3.8, 4) is 44.9 Å². The Morgan fingerprint density at radius 3 is 1.88 bits per heavy atom. The molecule has 3 nitrogen and oxygen atoms in total. The first-order valence-electron chi connectivity index (χ1n) is 16.6. The average Bonchev–Trinajstić information content (AvgIpc) is 3.56. The summed E-state index contributed by atoms with van der Waals surface area (Å²) in [7, 11) is 0. The highest BCUT2D eigenvalue weighted by atomic mass is 16.5. The summed E-state index contributed by atoms with van der Waals surface area (Å²) in [4.78, 5) is 2.34. The average molecular weight is 628 g/mol. The van der Waals surface area contributed by atoms with Crippen LogP contribution in [0.5, 0.6) is 11.5 Å². The molecule has 0 spiro atoms. The zero-order chi connectivity index (χ0) is 32.3. The predicted molar refractivity (Wildman–Crippen MR) is 202 cm³/mol. The second kappa shape index (κ2) is 11.0. The molecule has 0 unspecified atom stereocenters. The van der Waals surface area contributed by atoms with Crippen LogP contribution in [0.4, 0.5) is 17.1 Å². The van der Waals surface area contributed by atoms with E-state index in [0.717, 1.165) is 83.5 Å². The van der Waals surface area contributed by atoms with Gasteiger partial charge < -0.3 is 14.1 Å². The summed E-state index contributed by atoms with van der Waals surface area (Å²) in [6.45, 7) is 0. The van der Waals surface area contributed by atoms with Gasteiger partial charge in [0.1, 0.15) is 17.1 Å². The lowest BCUT2D eigenvalue weighted by Crippen LogP contribution is -2.12.